The van der Waals surface area contributed by atoms with Gasteiger partial charge in [0.1, 0.15) is 5.75 Å². The highest BCUT2D eigenvalue weighted by Gasteiger charge is 2.40. The van der Waals surface area contributed by atoms with E-state index in [-0.39, 0.29) is 5.60 Å². The Morgan fingerprint density at radius 2 is 2.19 bits per heavy atom. The summed E-state index contributed by atoms with van der Waals surface area (Å²) >= 11 is 2.03. The summed E-state index contributed by atoms with van der Waals surface area (Å²) in [5.74, 6) is 3.34. The number of hydrogen-bond acceptors (Lipinski definition) is 4. The van der Waals surface area contributed by atoms with Crippen LogP contribution in [0, 0.1) is 0 Å². The molecule has 1 N–H and O–H groups in total. The molecule has 3 atom stereocenters. The topological polar surface area (TPSA) is 30.5 Å². The Morgan fingerprint density at radius 1 is 1.38 bits per heavy atom. The van der Waals surface area contributed by atoms with Crippen LogP contribution in [0.5, 0.6) is 5.75 Å². The first-order valence-electron chi connectivity index (χ1n) is 7.82. The van der Waals surface area contributed by atoms with Crippen molar-refractivity contribution in [3.63, 3.8) is 0 Å². The summed E-state index contributed by atoms with van der Waals surface area (Å²) in [4.78, 5) is 0. The summed E-state index contributed by atoms with van der Waals surface area (Å²) in [6, 6.07) is 9.30. The molecule has 1 aromatic carbocycles. The molecule has 21 heavy (non-hydrogen) atoms. The number of nitrogens with one attached hydrogen (secondary N) is 1. The third kappa shape index (κ3) is 3.55. The first-order valence-corrected chi connectivity index (χ1v) is 8.98. The molecule has 2 aliphatic heterocycles. The predicted molar refractivity (Wildman–Crippen MR) is 88.2 cm³/mol. The SMILES string of the molecule is COc1ccc([C@@H](C)NC2CCOC3(CCSC3)C2)cc1. The van der Waals surface area contributed by atoms with Gasteiger partial charge in [-0.05, 0) is 49.6 Å². The predicted octanol–water partition coefficient (Wildman–Crippen LogP) is 3.40. The summed E-state index contributed by atoms with van der Waals surface area (Å²) in [5.41, 5.74) is 1.47. The third-order valence-corrected chi connectivity index (χ3v) is 5.88. The number of ether oxygens (including phenoxy) is 2. The van der Waals surface area contributed by atoms with Crippen molar-refractivity contribution in [2.75, 3.05) is 25.2 Å². The van der Waals surface area contributed by atoms with Gasteiger partial charge in [0.25, 0.3) is 0 Å². The zero-order chi connectivity index (χ0) is 14.7. The average Bonchev–Trinajstić information content (AvgIpc) is 2.95. The maximum atomic E-state index is 6.10. The Labute approximate surface area is 131 Å². The molecular formula is C17H25NO2S. The molecule has 1 spiro atoms. The van der Waals surface area contributed by atoms with Gasteiger partial charge in [0.2, 0.25) is 0 Å². The van der Waals surface area contributed by atoms with E-state index in [2.05, 4.69) is 24.4 Å². The molecule has 0 radical (unpaired) electrons. The lowest BCUT2D eigenvalue weighted by Gasteiger charge is -2.39. The highest BCUT2D eigenvalue weighted by Crippen LogP contribution is 2.38. The molecule has 0 aromatic heterocycles. The van der Waals surface area contributed by atoms with Crippen LogP contribution in [0.4, 0.5) is 0 Å². The molecule has 0 aliphatic carbocycles. The van der Waals surface area contributed by atoms with Crippen LogP contribution in [0.1, 0.15) is 37.8 Å². The second kappa shape index (κ2) is 6.59. The van der Waals surface area contributed by atoms with Crippen molar-refractivity contribution in [3.05, 3.63) is 29.8 Å². The van der Waals surface area contributed by atoms with E-state index in [0.717, 1.165) is 25.2 Å². The van der Waals surface area contributed by atoms with E-state index < -0.39 is 0 Å². The van der Waals surface area contributed by atoms with E-state index >= 15 is 0 Å². The van der Waals surface area contributed by atoms with Gasteiger partial charge in [-0.15, -0.1) is 0 Å². The van der Waals surface area contributed by atoms with Gasteiger partial charge >= 0.3 is 0 Å². The van der Waals surface area contributed by atoms with E-state index in [4.69, 9.17) is 9.47 Å². The average molecular weight is 307 g/mol. The Hall–Kier alpha value is -0.710. The van der Waals surface area contributed by atoms with Gasteiger partial charge in [0, 0.05) is 24.4 Å². The Balaban J connectivity index is 1.59. The summed E-state index contributed by atoms with van der Waals surface area (Å²) in [5, 5.41) is 3.79. The monoisotopic (exact) mass is 307 g/mol. The fourth-order valence-electron chi connectivity index (χ4n) is 3.38. The lowest BCUT2D eigenvalue weighted by molar-refractivity contribution is -0.0711. The minimum atomic E-state index is 0.153. The molecule has 2 aliphatic rings. The number of methoxy groups -OCH3 is 1. The highest BCUT2D eigenvalue weighted by molar-refractivity contribution is 7.99. The summed E-state index contributed by atoms with van der Waals surface area (Å²) in [6.45, 7) is 3.14. The van der Waals surface area contributed by atoms with Crippen LogP contribution in [0.2, 0.25) is 0 Å². The summed E-state index contributed by atoms with van der Waals surface area (Å²) in [6.07, 6.45) is 3.49. The Bertz CT molecular complexity index is 456. The standard InChI is InChI=1S/C17H25NO2S/c1-13(14-3-5-16(19-2)6-4-14)18-15-7-9-20-17(11-15)8-10-21-12-17/h3-6,13,15,18H,7-12H2,1-2H3/t13-,15?,17?/m1/s1. The van der Waals surface area contributed by atoms with Crippen LogP contribution in [-0.2, 0) is 4.74 Å². The van der Waals surface area contributed by atoms with Crippen molar-refractivity contribution in [2.45, 2.75) is 43.9 Å². The van der Waals surface area contributed by atoms with E-state index in [9.17, 15) is 0 Å². The van der Waals surface area contributed by atoms with Crippen LogP contribution >= 0.6 is 11.8 Å². The third-order valence-electron chi connectivity index (χ3n) is 4.66. The number of rotatable bonds is 4. The Morgan fingerprint density at radius 3 is 2.86 bits per heavy atom. The summed E-state index contributed by atoms with van der Waals surface area (Å²) in [7, 11) is 1.71. The fraction of sp³-hybridized carbons (Fsp3) is 0.647. The fourth-order valence-corrected chi connectivity index (χ4v) is 4.75. The van der Waals surface area contributed by atoms with Crippen LogP contribution < -0.4 is 10.1 Å². The maximum absolute atomic E-state index is 6.10. The largest absolute Gasteiger partial charge is 0.497 e. The van der Waals surface area contributed by atoms with Crippen molar-refractivity contribution in [2.24, 2.45) is 0 Å². The second-order valence-corrected chi connectivity index (χ2v) is 7.29. The summed E-state index contributed by atoms with van der Waals surface area (Å²) < 4.78 is 11.3. The first-order chi connectivity index (χ1) is 10.2. The van der Waals surface area contributed by atoms with E-state index in [1.54, 1.807) is 7.11 Å². The molecular weight excluding hydrogens is 282 g/mol. The van der Waals surface area contributed by atoms with Gasteiger partial charge in [-0.2, -0.15) is 11.8 Å². The second-order valence-electron chi connectivity index (χ2n) is 6.19. The lowest BCUT2D eigenvalue weighted by atomic mass is 9.89. The smallest absolute Gasteiger partial charge is 0.118 e. The van der Waals surface area contributed by atoms with Gasteiger partial charge in [0.05, 0.1) is 12.7 Å². The number of benzene rings is 1. The molecule has 2 unspecified atom stereocenters. The van der Waals surface area contributed by atoms with Crippen molar-refractivity contribution in [1.29, 1.82) is 0 Å². The van der Waals surface area contributed by atoms with E-state index in [1.807, 2.05) is 23.9 Å². The van der Waals surface area contributed by atoms with Crippen molar-refractivity contribution < 1.29 is 9.47 Å². The molecule has 2 fully saturated rings. The van der Waals surface area contributed by atoms with Gasteiger partial charge in [-0.25, -0.2) is 0 Å². The van der Waals surface area contributed by atoms with Crippen molar-refractivity contribution in [1.82, 2.24) is 5.32 Å². The quantitative estimate of drug-likeness (QED) is 0.923. The van der Waals surface area contributed by atoms with Gasteiger partial charge < -0.3 is 14.8 Å². The van der Waals surface area contributed by atoms with Crippen LogP contribution in [-0.4, -0.2) is 36.9 Å². The van der Waals surface area contributed by atoms with Crippen LogP contribution in [0.25, 0.3) is 0 Å². The molecule has 0 bridgehead atoms. The van der Waals surface area contributed by atoms with Crippen LogP contribution in [0.3, 0.4) is 0 Å². The maximum Gasteiger partial charge on any atom is 0.118 e. The van der Waals surface area contributed by atoms with Crippen molar-refractivity contribution >= 4 is 11.8 Å². The molecule has 2 heterocycles. The minimum absolute atomic E-state index is 0.153. The zero-order valence-electron chi connectivity index (χ0n) is 12.9. The number of hydrogen-bond donors (Lipinski definition) is 1. The molecule has 3 nitrogen and oxygen atoms in total. The van der Waals surface area contributed by atoms with Gasteiger partial charge in [0.15, 0.2) is 0 Å². The molecule has 3 rings (SSSR count). The molecule has 1 aromatic rings. The molecule has 116 valence electrons. The number of thioether (sulfide) groups is 1. The van der Waals surface area contributed by atoms with E-state index in [0.29, 0.717) is 12.1 Å². The van der Waals surface area contributed by atoms with Crippen LogP contribution in [0.15, 0.2) is 24.3 Å². The molecule has 4 heteroatoms. The minimum Gasteiger partial charge on any atom is -0.497 e. The molecule has 0 saturated carbocycles. The van der Waals surface area contributed by atoms with Gasteiger partial charge in [-0.3, -0.25) is 0 Å². The van der Waals surface area contributed by atoms with Gasteiger partial charge in [-0.1, -0.05) is 12.1 Å². The normalized spacial score (nSPS) is 30.5. The Kier molecular flexibility index (Phi) is 4.77. The lowest BCUT2D eigenvalue weighted by Crippen LogP contribution is -2.47. The highest BCUT2D eigenvalue weighted by atomic mass is 32.2. The first kappa shape index (κ1) is 15.2. The zero-order valence-corrected chi connectivity index (χ0v) is 13.7. The molecule has 0 amide bonds. The molecule has 2 saturated heterocycles. The van der Waals surface area contributed by atoms with E-state index in [1.165, 1.54) is 23.5 Å². The van der Waals surface area contributed by atoms with Crippen molar-refractivity contribution in [3.8, 4) is 5.75 Å².